The Morgan fingerprint density at radius 3 is 2.26 bits per heavy atom. The Bertz CT molecular complexity index is 713. The predicted octanol–water partition coefficient (Wildman–Crippen LogP) is 2.42. The highest BCUT2D eigenvalue weighted by molar-refractivity contribution is 5.70. The summed E-state index contributed by atoms with van der Waals surface area (Å²) in [6, 6.07) is 3.55. The number of benzene rings is 1. The zero-order chi connectivity index (χ0) is 19.9. The summed E-state index contributed by atoms with van der Waals surface area (Å²) < 4.78 is 16.4. The largest absolute Gasteiger partial charge is 0.493 e. The number of hydrogen-bond donors (Lipinski definition) is 2. The summed E-state index contributed by atoms with van der Waals surface area (Å²) in [4.78, 5) is 14.5. The van der Waals surface area contributed by atoms with Crippen LogP contribution in [-0.2, 0) is 11.3 Å². The summed E-state index contributed by atoms with van der Waals surface area (Å²) in [5, 5.41) is 20.4. The maximum atomic E-state index is 12.8. The fourth-order valence-corrected chi connectivity index (χ4v) is 4.06. The molecule has 0 spiro atoms. The first-order valence-corrected chi connectivity index (χ1v) is 9.25. The number of rotatable bonds is 2. The van der Waals surface area contributed by atoms with Crippen LogP contribution in [0.1, 0.15) is 50.7 Å². The molecule has 4 atom stereocenters. The van der Waals surface area contributed by atoms with Gasteiger partial charge in [0, 0.05) is 18.5 Å². The molecule has 0 bridgehead atoms. The third-order valence-corrected chi connectivity index (χ3v) is 5.30. The Morgan fingerprint density at radius 2 is 1.67 bits per heavy atom. The molecule has 2 aliphatic rings. The van der Waals surface area contributed by atoms with E-state index in [1.54, 1.807) is 19.1 Å². The van der Waals surface area contributed by atoms with Crippen molar-refractivity contribution in [2.75, 3.05) is 14.2 Å². The molecule has 7 heteroatoms. The molecule has 1 amide bonds. The van der Waals surface area contributed by atoms with Crippen LogP contribution in [0.4, 0.5) is 4.79 Å². The number of carbonyl (C=O) groups is 1. The average molecular weight is 379 g/mol. The van der Waals surface area contributed by atoms with Gasteiger partial charge < -0.3 is 29.3 Å². The molecular formula is C20H29NO6. The van der Waals surface area contributed by atoms with Crippen molar-refractivity contribution in [2.45, 2.75) is 69.9 Å². The van der Waals surface area contributed by atoms with E-state index < -0.39 is 23.9 Å². The maximum Gasteiger partial charge on any atom is 0.410 e. The van der Waals surface area contributed by atoms with E-state index >= 15 is 0 Å². The van der Waals surface area contributed by atoms with Gasteiger partial charge in [-0.1, -0.05) is 0 Å². The second kappa shape index (κ2) is 7.20. The first kappa shape index (κ1) is 19.8. The molecule has 1 saturated carbocycles. The topological polar surface area (TPSA) is 88.5 Å². The van der Waals surface area contributed by atoms with Crippen molar-refractivity contribution in [3.63, 3.8) is 0 Å². The first-order chi connectivity index (χ1) is 12.6. The monoisotopic (exact) mass is 379 g/mol. The molecule has 0 saturated heterocycles. The smallest absolute Gasteiger partial charge is 0.410 e. The van der Waals surface area contributed by atoms with Gasteiger partial charge in [-0.15, -0.1) is 0 Å². The minimum absolute atomic E-state index is 0.112. The molecule has 0 radical (unpaired) electrons. The molecule has 2 N–H and O–H groups in total. The second-order valence-corrected chi connectivity index (χ2v) is 8.29. The van der Waals surface area contributed by atoms with Gasteiger partial charge in [0.2, 0.25) is 0 Å². The first-order valence-electron chi connectivity index (χ1n) is 9.25. The van der Waals surface area contributed by atoms with Crippen molar-refractivity contribution < 1.29 is 29.2 Å². The van der Waals surface area contributed by atoms with Gasteiger partial charge in [-0.2, -0.15) is 0 Å². The van der Waals surface area contributed by atoms with E-state index in [0.717, 1.165) is 11.1 Å². The van der Waals surface area contributed by atoms with E-state index in [1.165, 1.54) is 0 Å². The lowest BCUT2D eigenvalue weighted by Crippen LogP contribution is -2.54. The van der Waals surface area contributed by atoms with Crippen molar-refractivity contribution in [3.8, 4) is 11.5 Å². The standard InChI is InChI=1S/C20H29NO6/c1-20(2,3)27-19(24)21-10-11-6-17(25-4)18(26-5)8-12(11)13-7-15(22)16(23)9-14(13)21/h6,8,13-16,22-23H,7,9-10H2,1-5H3/t13-,14-,15+,16-/m0/s1. The van der Waals surface area contributed by atoms with Gasteiger partial charge in [-0.05, 0) is 56.9 Å². The lowest BCUT2D eigenvalue weighted by atomic mass is 9.73. The molecule has 1 aliphatic heterocycles. The SMILES string of the molecule is COc1cc2c(cc1OC)[C@@H]1C[C@@H](O)[C@@H](O)C[C@@H]1N(C(=O)OC(C)(C)C)C2. The highest BCUT2D eigenvalue weighted by Crippen LogP contribution is 2.46. The third kappa shape index (κ3) is 3.84. The van der Waals surface area contributed by atoms with Gasteiger partial charge in [0.1, 0.15) is 5.60 Å². The van der Waals surface area contributed by atoms with Crippen molar-refractivity contribution >= 4 is 6.09 Å². The molecule has 1 aromatic carbocycles. The van der Waals surface area contributed by atoms with Gasteiger partial charge in [0.25, 0.3) is 0 Å². The molecular weight excluding hydrogens is 350 g/mol. The molecule has 7 nitrogen and oxygen atoms in total. The Hall–Kier alpha value is -1.99. The van der Waals surface area contributed by atoms with Crippen LogP contribution >= 0.6 is 0 Å². The van der Waals surface area contributed by atoms with Gasteiger partial charge >= 0.3 is 6.09 Å². The molecule has 3 rings (SSSR count). The summed E-state index contributed by atoms with van der Waals surface area (Å²) in [5.74, 6) is 1.09. The zero-order valence-corrected chi connectivity index (χ0v) is 16.6. The Morgan fingerprint density at radius 1 is 1.07 bits per heavy atom. The number of hydrogen-bond acceptors (Lipinski definition) is 6. The fourth-order valence-electron chi connectivity index (χ4n) is 4.06. The Labute approximate surface area is 159 Å². The fraction of sp³-hybridized carbons (Fsp3) is 0.650. The van der Waals surface area contributed by atoms with Gasteiger partial charge in [0.15, 0.2) is 11.5 Å². The zero-order valence-electron chi connectivity index (χ0n) is 16.6. The van der Waals surface area contributed by atoms with E-state index in [-0.39, 0.29) is 12.0 Å². The molecule has 1 aliphatic carbocycles. The molecule has 1 aromatic rings. The highest BCUT2D eigenvalue weighted by atomic mass is 16.6. The number of carbonyl (C=O) groups excluding carboxylic acids is 1. The summed E-state index contributed by atoms with van der Waals surface area (Å²) in [6.07, 6.45) is -1.43. The number of amides is 1. The summed E-state index contributed by atoms with van der Waals surface area (Å²) in [5.41, 5.74) is 1.34. The van der Waals surface area contributed by atoms with Crippen LogP contribution < -0.4 is 9.47 Å². The molecule has 27 heavy (non-hydrogen) atoms. The quantitative estimate of drug-likeness (QED) is 0.820. The van der Waals surface area contributed by atoms with Crippen LogP contribution in [0.15, 0.2) is 12.1 Å². The molecule has 0 unspecified atom stereocenters. The van der Waals surface area contributed by atoms with Crippen LogP contribution in [-0.4, -0.2) is 59.3 Å². The molecule has 1 heterocycles. The normalized spacial score (nSPS) is 27.4. The minimum atomic E-state index is -0.863. The number of aliphatic hydroxyl groups is 2. The van der Waals surface area contributed by atoms with E-state index in [1.807, 2.05) is 32.9 Å². The summed E-state index contributed by atoms with van der Waals surface area (Å²) in [7, 11) is 3.15. The number of methoxy groups -OCH3 is 2. The summed E-state index contributed by atoms with van der Waals surface area (Å²) in [6.45, 7) is 5.84. The van der Waals surface area contributed by atoms with Crippen LogP contribution in [0.5, 0.6) is 11.5 Å². The van der Waals surface area contributed by atoms with Crippen molar-refractivity contribution in [2.24, 2.45) is 0 Å². The van der Waals surface area contributed by atoms with Crippen LogP contribution in [0.2, 0.25) is 0 Å². The second-order valence-electron chi connectivity index (χ2n) is 8.29. The van der Waals surface area contributed by atoms with E-state index in [9.17, 15) is 15.0 Å². The van der Waals surface area contributed by atoms with Crippen LogP contribution in [0, 0.1) is 0 Å². The van der Waals surface area contributed by atoms with E-state index in [0.29, 0.717) is 30.9 Å². The highest BCUT2D eigenvalue weighted by Gasteiger charge is 2.45. The number of aliphatic hydroxyl groups excluding tert-OH is 2. The summed E-state index contributed by atoms with van der Waals surface area (Å²) >= 11 is 0. The van der Waals surface area contributed by atoms with Crippen molar-refractivity contribution in [3.05, 3.63) is 23.3 Å². The minimum Gasteiger partial charge on any atom is -0.493 e. The van der Waals surface area contributed by atoms with Crippen LogP contribution in [0.25, 0.3) is 0 Å². The number of fused-ring (bicyclic) bond motifs is 3. The molecule has 1 fully saturated rings. The average Bonchev–Trinajstić information content (AvgIpc) is 2.59. The predicted molar refractivity (Wildman–Crippen MR) is 99.1 cm³/mol. The Balaban J connectivity index is 2.03. The van der Waals surface area contributed by atoms with Crippen molar-refractivity contribution in [1.29, 1.82) is 0 Å². The number of ether oxygens (including phenoxy) is 3. The number of nitrogens with zero attached hydrogens (tertiary/aromatic N) is 1. The lowest BCUT2D eigenvalue weighted by molar-refractivity contribution is -0.0571. The lowest BCUT2D eigenvalue weighted by Gasteiger charge is -2.47. The third-order valence-electron chi connectivity index (χ3n) is 5.30. The van der Waals surface area contributed by atoms with Crippen molar-refractivity contribution in [1.82, 2.24) is 4.90 Å². The van der Waals surface area contributed by atoms with Gasteiger partial charge in [0.05, 0.1) is 26.4 Å². The Kier molecular flexibility index (Phi) is 5.27. The van der Waals surface area contributed by atoms with Gasteiger partial charge in [-0.25, -0.2) is 4.79 Å². The van der Waals surface area contributed by atoms with Gasteiger partial charge in [-0.3, -0.25) is 0 Å². The molecule has 0 aromatic heterocycles. The molecule has 150 valence electrons. The van der Waals surface area contributed by atoms with Crippen LogP contribution in [0.3, 0.4) is 0 Å². The maximum absolute atomic E-state index is 12.8. The van der Waals surface area contributed by atoms with E-state index in [2.05, 4.69) is 0 Å². The van der Waals surface area contributed by atoms with E-state index in [4.69, 9.17) is 14.2 Å².